The quantitative estimate of drug-likeness (QED) is 0.795. The first kappa shape index (κ1) is 12.4. The van der Waals surface area contributed by atoms with Crippen LogP contribution in [0.1, 0.15) is 52.4 Å². The van der Waals surface area contributed by atoms with Gasteiger partial charge in [0.25, 0.3) is 0 Å². The minimum Gasteiger partial charge on any atom is -0.393 e. The summed E-state index contributed by atoms with van der Waals surface area (Å²) < 4.78 is 0. The van der Waals surface area contributed by atoms with Gasteiger partial charge in [0, 0.05) is 12.1 Å². The van der Waals surface area contributed by atoms with E-state index in [-0.39, 0.29) is 6.10 Å². The van der Waals surface area contributed by atoms with E-state index < -0.39 is 0 Å². The molecule has 2 fully saturated rings. The summed E-state index contributed by atoms with van der Waals surface area (Å²) in [4.78, 5) is 2.55. The Bertz CT molecular complexity index is 213. The minimum atomic E-state index is -0.0493. The third kappa shape index (κ3) is 2.14. The molecule has 3 unspecified atom stereocenters. The molecular weight excluding hydrogens is 198 g/mol. The molecule has 2 aliphatic rings. The third-order valence-electron chi connectivity index (χ3n) is 5.15. The highest BCUT2D eigenvalue weighted by atomic mass is 16.3. The molecule has 0 amide bonds. The summed E-state index contributed by atoms with van der Waals surface area (Å²) in [7, 11) is 2.27. The Labute approximate surface area is 100 Å². The van der Waals surface area contributed by atoms with Gasteiger partial charge in [0.05, 0.1) is 6.10 Å². The number of aliphatic hydroxyl groups is 1. The molecule has 2 rings (SSSR count). The highest BCUT2D eigenvalue weighted by Gasteiger charge is 2.41. The lowest BCUT2D eigenvalue weighted by molar-refractivity contribution is -0.000889. The first-order valence-electron chi connectivity index (χ1n) is 7.07. The van der Waals surface area contributed by atoms with Crippen LogP contribution >= 0.6 is 0 Å². The molecule has 2 nitrogen and oxygen atoms in total. The number of rotatable bonds is 4. The van der Waals surface area contributed by atoms with Gasteiger partial charge in [-0.3, -0.25) is 0 Å². The van der Waals surface area contributed by atoms with Gasteiger partial charge in [-0.25, -0.2) is 0 Å². The monoisotopic (exact) mass is 225 g/mol. The van der Waals surface area contributed by atoms with Gasteiger partial charge in [-0.05, 0) is 44.6 Å². The smallest absolute Gasteiger partial charge is 0.0597 e. The number of nitrogens with zero attached hydrogens (tertiary/aromatic N) is 1. The second-order valence-electron chi connectivity index (χ2n) is 5.85. The number of hydrogen-bond donors (Lipinski definition) is 1. The van der Waals surface area contributed by atoms with Gasteiger partial charge in [0.1, 0.15) is 0 Å². The summed E-state index contributed by atoms with van der Waals surface area (Å²) in [5.41, 5.74) is 0. The molecule has 16 heavy (non-hydrogen) atoms. The molecule has 2 bridgehead atoms. The predicted octanol–water partition coefficient (Wildman–Crippen LogP) is 2.66. The van der Waals surface area contributed by atoms with Crippen LogP contribution in [0, 0.1) is 11.8 Å². The molecule has 3 atom stereocenters. The molecule has 94 valence electrons. The number of hydrogen-bond acceptors (Lipinski definition) is 2. The fourth-order valence-corrected chi connectivity index (χ4v) is 3.89. The maximum atomic E-state index is 10.5. The highest BCUT2D eigenvalue weighted by molar-refractivity contribution is 4.95. The molecule has 0 radical (unpaired) electrons. The van der Waals surface area contributed by atoms with Crippen LogP contribution < -0.4 is 0 Å². The SMILES string of the molecule is CCC(CC)C(O)C1CC2CCC(C1)N2C. The zero-order valence-corrected chi connectivity index (χ0v) is 11.0. The van der Waals surface area contributed by atoms with Crippen molar-refractivity contribution in [3.8, 4) is 0 Å². The van der Waals surface area contributed by atoms with Crippen molar-refractivity contribution in [3.63, 3.8) is 0 Å². The summed E-state index contributed by atoms with van der Waals surface area (Å²) in [6.07, 6.45) is 7.36. The molecule has 2 saturated heterocycles. The van der Waals surface area contributed by atoms with Gasteiger partial charge < -0.3 is 10.0 Å². The summed E-state index contributed by atoms with van der Waals surface area (Å²) >= 11 is 0. The summed E-state index contributed by atoms with van der Waals surface area (Å²) in [6, 6.07) is 1.51. The average Bonchev–Trinajstić information content (AvgIpc) is 2.54. The maximum Gasteiger partial charge on any atom is 0.0597 e. The summed E-state index contributed by atoms with van der Waals surface area (Å²) in [6.45, 7) is 4.42. The van der Waals surface area contributed by atoms with Gasteiger partial charge in [-0.2, -0.15) is 0 Å². The van der Waals surface area contributed by atoms with E-state index in [0.29, 0.717) is 11.8 Å². The molecule has 2 aliphatic heterocycles. The van der Waals surface area contributed by atoms with E-state index in [1.54, 1.807) is 0 Å². The van der Waals surface area contributed by atoms with Gasteiger partial charge in [0.2, 0.25) is 0 Å². The van der Waals surface area contributed by atoms with Crippen LogP contribution in [0.4, 0.5) is 0 Å². The summed E-state index contributed by atoms with van der Waals surface area (Å²) in [5, 5.41) is 10.5. The zero-order chi connectivity index (χ0) is 11.7. The van der Waals surface area contributed by atoms with Crippen LogP contribution in [-0.4, -0.2) is 35.2 Å². The molecule has 2 heteroatoms. The van der Waals surface area contributed by atoms with Gasteiger partial charge in [-0.15, -0.1) is 0 Å². The van der Waals surface area contributed by atoms with Crippen molar-refractivity contribution < 1.29 is 5.11 Å². The van der Waals surface area contributed by atoms with Crippen LogP contribution in [-0.2, 0) is 0 Å². The molecule has 0 aromatic heterocycles. The Morgan fingerprint density at radius 1 is 1.12 bits per heavy atom. The lowest BCUT2D eigenvalue weighted by Gasteiger charge is -2.40. The fraction of sp³-hybridized carbons (Fsp3) is 1.00. The Morgan fingerprint density at radius 2 is 1.62 bits per heavy atom. The highest BCUT2D eigenvalue weighted by Crippen LogP contribution is 2.40. The van der Waals surface area contributed by atoms with Crippen molar-refractivity contribution >= 4 is 0 Å². The van der Waals surface area contributed by atoms with Crippen LogP contribution in [0.25, 0.3) is 0 Å². The lowest BCUT2D eigenvalue weighted by atomic mass is 9.79. The van der Waals surface area contributed by atoms with Crippen LogP contribution in [0.15, 0.2) is 0 Å². The first-order chi connectivity index (χ1) is 7.67. The van der Waals surface area contributed by atoms with Crippen molar-refractivity contribution in [2.45, 2.75) is 70.6 Å². The van der Waals surface area contributed by atoms with Crippen molar-refractivity contribution in [2.24, 2.45) is 11.8 Å². The van der Waals surface area contributed by atoms with Crippen LogP contribution in [0.3, 0.4) is 0 Å². The van der Waals surface area contributed by atoms with Crippen molar-refractivity contribution in [1.82, 2.24) is 4.90 Å². The Kier molecular flexibility index (Phi) is 3.91. The molecule has 0 aromatic rings. The van der Waals surface area contributed by atoms with E-state index in [4.69, 9.17) is 0 Å². The van der Waals surface area contributed by atoms with Gasteiger partial charge in [0.15, 0.2) is 0 Å². The molecule has 0 aromatic carbocycles. The largest absolute Gasteiger partial charge is 0.393 e. The molecule has 0 spiro atoms. The van der Waals surface area contributed by atoms with Gasteiger partial charge in [-0.1, -0.05) is 26.7 Å². The van der Waals surface area contributed by atoms with Crippen molar-refractivity contribution in [1.29, 1.82) is 0 Å². The van der Waals surface area contributed by atoms with E-state index >= 15 is 0 Å². The second-order valence-corrected chi connectivity index (χ2v) is 5.85. The van der Waals surface area contributed by atoms with E-state index in [9.17, 15) is 5.11 Å². The minimum absolute atomic E-state index is 0.0493. The van der Waals surface area contributed by atoms with Crippen molar-refractivity contribution in [2.75, 3.05) is 7.05 Å². The Balaban J connectivity index is 1.96. The molecular formula is C14H27NO. The normalized spacial score (nSPS) is 36.9. The zero-order valence-electron chi connectivity index (χ0n) is 11.0. The van der Waals surface area contributed by atoms with Crippen molar-refractivity contribution in [3.05, 3.63) is 0 Å². The number of aliphatic hydroxyl groups excluding tert-OH is 1. The predicted molar refractivity (Wildman–Crippen MR) is 67.4 cm³/mol. The average molecular weight is 225 g/mol. The lowest BCUT2D eigenvalue weighted by Crippen LogP contribution is -2.44. The fourth-order valence-electron chi connectivity index (χ4n) is 3.89. The molecule has 0 saturated carbocycles. The number of fused-ring (bicyclic) bond motifs is 2. The standard InChI is InChI=1S/C14H27NO/c1-4-10(5-2)14(16)11-8-12-6-7-13(9-11)15(12)3/h10-14,16H,4-9H2,1-3H3. The number of piperidine rings is 1. The Morgan fingerprint density at radius 3 is 2.06 bits per heavy atom. The third-order valence-corrected chi connectivity index (χ3v) is 5.15. The van der Waals surface area contributed by atoms with Crippen LogP contribution in [0.5, 0.6) is 0 Å². The molecule has 1 N–H and O–H groups in total. The van der Waals surface area contributed by atoms with E-state index in [1.165, 1.54) is 25.7 Å². The first-order valence-corrected chi connectivity index (χ1v) is 7.07. The molecule has 2 heterocycles. The van der Waals surface area contributed by atoms with E-state index in [2.05, 4.69) is 25.8 Å². The van der Waals surface area contributed by atoms with E-state index in [1.807, 2.05) is 0 Å². The maximum absolute atomic E-state index is 10.5. The van der Waals surface area contributed by atoms with Gasteiger partial charge >= 0.3 is 0 Å². The van der Waals surface area contributed by atoms with Crippen LogP contribution in [0.2, 0.25) is 0 Å². The Hall–Kier alpha value is -0.0800. The molecule has 0 aliphatic carbocycles. The summed E-state index contributed by atoms with van der Waals surface area (Å²) in [5.74, 6) is 1.09. The topological polar surface area (TPSA) is 23.5 Å². The van der Waals surface area contributed by atoms with E-state index in [0.717, 1.165) is 24.9 Å². The second kappa shape index (κ2) is 5.05.